The van der Waals surface area contributed by atoms with E-state index in [4.69, 9.17) is 26.2 Å². The standard InChI is InChI=1S/C55H75N15O15S/c1-8-30-25(2)34-21-39-46(29(6)71)27(4)36(65-39)19-35-26(3)31(48(68-35)32(18-45(75)85-7)49-47(52(78)59-16-17-86(82,83)84)28(5)37(69-49)20-38(30)64-34)11-12-42(72)67-41-23-62-43(73)22-40(53(79)80)66-44(74)24-63-50(76)33(10-9-13-60-54(56)57)70-55(81)61-15-14-58-51(41)77/h19-21,25-26,30-31,33,40-41,65,69H,8-18,22-24H2,1-7H3,(H,58,77)(H,59,78)(H,62,73)(H,63,76)(H,66,74)(H,67,72)(H,79,80)(H4,56,57,60)(H2,61,70,81)(H,82,83,84)/p-2/t25-,26+,30-,31+,33?,40?,41?/m1/s1. The lowest BCUT2D eigenvalue weighted by molar-refractivity contribution is -0.308. The van der Waals surface area contributed by atoms with Crippen molar-refractivity contribution in [2.24, 2.45) is 16.5 Å². The van der Waals surface area contributed by atoms with Gasteiger partial charge in [0.25, 0.3) is 5.91 Å². The van der Waals surface area contributed by atoms with Crippen molar-refractivity contribution in [3.8, 4) is 0 Å². The maximum absolute atomic E-state index is 14.4. The number of rotatable bonds is 17. The normalized spacial score (nSPS) is 20.8. The van der Waals surface area contributed by atoms with Crippen LogP contribution in [0.25, 0.3) is 22.1 Å². The minimum absolute atomic E-state index is 0.0181. The van der Waals surface area contributed by atoms with Crippen molar-refractivity contribution >= 4 is 97.3 Å². The van der Waals surface area contributed by atoms with Gasteiger partial charge in [-0.3, -0.25) is 53.3 Å². The van der Waals surface area contributed by atoms with Gasteiger partial charge >= 0.3 is 12.0 Å². The van der Waals surface area contributed by atoms with E-state index < -0.39 is 132 Å². The second-order valence-corrected chi connectivity index (χ2v) is 22.7. The second-order valence-electron chi connectivity index (χ2n) is 21.2. The predicted molar refractivity (Wildman–Crippen MR) is 308 cm³/mol. The van der Waals surface area contributed by atoms with E-state index in [1.165, 1.54) is 6.92 Å². The zero-order valence-electron chi connectivity index (χ0n) is 48.7. The second kappa shape index (κ2) is 29.2. The number of guanidine groups is 1. The molecule has 0 aromatic carbocycles. The highest BCUT2D eigenvalue weighted by Gasteiger charge is 2.36. The van der Waals surface area contributed by atoms with Gasteiger partial charge in [0.2, 0.25) is 29.5 Å². The Morgan fingerprint density at radius 3 is 2.13 bits per heavy atom. The maximum Gasteiger partial charge on any atom is 0.315 e. The first-order valence-corrected chi connectivity index (χ1v) is 29.5. The topological polar surface area (TPSA) is 478 Å². The first-order chi connectivity index (χ1) is 40.6. The number of carbonyl (C=O) groups excluding carboxylic acids is 10. The average molecular weight is 1220 g/mol. The summed E-state index contributed by atoms with van der Waals surface area (Å²) in [4.78, 5) is 155. The summed E-state index contributed by atoms with van der Waals surface area (Å²) < 4.78 is 40.2. The van der Waals surface area contributed by atoms with Crippen LogP contribution < -0.4 is 59.1 Å². The number of nitrogens with two attached hydrogens (primary N) is 2. The number of carboxylic acids is 1. The highest BCUT2D eigenvalue weighted by atomic mass is 32.2. The lowest BCUT2D eigenvalue weighted by Crippen LogP contribution is -2.55. The Morgan fingerprint density at radius 2 is 1.47 bits per heavy atom. The lowest BCUT2D eigenvalue weighted by atomic mass is 9.84. The Balaban J connectivity index is 1.42. The summed E-state index contributed by atoms with van der Waals surface area (Å²) in [5, 5.41) is 31.6. The number of nitrogens with zero attached hydrogens (tertiary/aromatic N) is 3. The number of aryl methyl sites for hydroxylation is 2. The van der Waals surface area contributed by atoms with Crippen LogP contribution in [0, 0.1) is 13.8 Å². The number of hydrogen-bond donors (Lipinski definition) is 12. The van der Waals surface area contributed by atoms with Crippen molar-refractivity contribution < 1.29 is 70.8 Å². The number of ether oxygens (including phenoxy) is 1. The van der Waals surface area contributed by atoms with E-state index in [2.05, 4.69) is 57.5 Å². The molecule has 0 radical (unpaired) electrons. The van der Waals surface area contributed by atoms with Crippen LogP contribution in [0.2, 0.25) is 0 Å². The van der Waals surface area contributed by atoms with E-state index in [0.29, 0.717) is 56.7 Å². The molecule has 3 unspecified atom stereocenters. The molecule has 8 amide bonds. The smallest absolute Gasteiger partial charge is 0.315 e. The number of carbonyl (C=O) groups is 10. The van der Waals surface area contributed by atoms with E-state index in [-0.39, 0.29) is 91.2 Å². The number of carboxylic acid groups (broad SMARTS) is 1. The first kappa shape index (κ1) is 66.1. The van der Waals surface area contributed by atoms with Gasteiger partial charge in [-0.05, 0) is 75.8 Å². The molecule has 0 aliphatic carbocycles. The van der Waals surface area contributed by atoms with Gasteiger partial charge in [0.1, 0.15) is 12.1 Å². The summed E-state index contributed by atoms with van der Waals surface area (Å²) in [7, 11) is -3.60. The van der Waals surface area contributed by atoms with Crippen molar-refractivity contribution in [1.82, 2.24) is 62.5 Å². The number of methoxy groups -OCH3 is 1. The van der Waals surface area contributed by atoms with Gasteiger partial charge in [0, 0.05) is 102 Å². The van der Waals surface area contributed by atoms with Gasteiger partial charge < -0.3 is 83.2 Å². The third-order valence-corrected chi connectivity index (χ3v) is 15.9. The molecule has 0 saturated carbocycles. The fraction of sp³-hybridized carbons (Fsp3) is 0.509. The monoisotopic (exact) mass is 1220 g/mol. The number of nitrogens with one attached hydrogen (secondary N) is 10. The maximum atomic E-state index is 14.4. The zero-order chi connectivity index (χ0) is 63.3. The van der Waals surface area contributed by atoms with Gasteiger partial charge in [-0.1, -0.05) is 20.8 Å². The molecular weight excluding hydrogens is 1140 g/mol. The van der Waals surface area contributed by atoms with E-state index in [0.717, 1.165) is 7.11 Å². The minimum atomic E-state index is -4.76. The summed E-state index contributed by atoms with van der Waals surface area (Å²) in [6.45, 7) is 8.35. The SMILES string of the molecule is CC[C@H]1c2cc3[nH]c(c(CC(=O)OC)c4nc(cc5[nH]c(cc(n2)[C@@H]1C)c(C(C)=O)c5C)[C@@H](C)[C@@H]4CCC(=O)NC1CNC(=O)CC(C(=O)[O-])NC(=O)CNC(=O)C(CCCN=C(N)N)NC(=O)NCCNC1=O)c(C(=O)NCCS(=O)(=O)[O-])c3C. The summed E-state index contributed by atoms with van der Waals surface area (Å²) >= 11 is 0. The lowest BCUT2D eigenvalue weighted by Gasteiger charge is -2.22. The number of esters is 1. The summed E-state index contributed by atoms with van der Waals surface area (Å²) in [5.41, 5.74) is 15.7. The molecule has 6 heterocycles. The van der Waals surface area contributed by atoms with Gasteiger partial charge in [0.15, 0.2) is 11.7 Å². The molecule has 8 bridgehead atoms. The van der Waals surface area contributed by atoms with E-state index in [1.54, 1.807) is 26.0 Å². The van der Waals surface area contributed by atoms with E-state index >= 15 is 0 Å². The van der Waals surface area contributed by atoms with Gasteiger partial charge in [-0.15, -0.1) is 0 Å². The van der Waals surface area contributed by atoms with Crippen molar-refractivity contribution in [1.29, 1.82) is 0 Å². The number of aliphatic imine (C=N–C) groups is 1. The molecular formula is C55H73N15O15S-2. The molecule has 3 aromatic heterocycles. The Morgan fingerprint density at radius 1 is 0.814 bits per heavy atom. The fourth-order valence-electron chi connectivity index (χ4n) is 10.7. The number of aromatic amines is 2. The van der Waals surface area contributed by atoms with Crippen molar-refractivity contribution in [3.05, 3.63) is 68.8 Å². The Labute approximate surface area is 494 Å². The highest BCUT2D eigenvalue weighted by molar-refractivity contribution is 7.85. The van der Waals surface area contributed by atoms with E-state index in [9.17, 15) is 66.0 Å². The van der Waals surface area contributed by atoms with Crippen LogP contribution in [-0.4, -0.2) is 168 Å². The largest absolute Gasteiger partial charge is 0.748 e. The fourth-order valence-corrected chi connectivity index (χ4v) is 11.0. The van der Waals surface area contributed by atoms with Crippen LogP contribution in [0.3, 0.4) is 0 Å². The Kier molecular flexibility index (Phi) is 22.5. The Hall–Kier alpha value is -9.00. The molecule has 30 nitrogen and oxygen atoms in total. The van der Waals surface area contributed by atoms with Gasteiger partial charge in [0.05, 0.1) is 76.7 Å². The Bertz CT molecular complexity index is 3480. The number of Topliss-reactive ketones (excluding diaryl/α,β-unsaturated/α-hetero) is 1. The zero-order valence-corrected chi connectivity index (χ0v) is 49.5. The summed E-state index contributed by atoms with van der Waals surface area (Å²) in [6.07, 6.45) is -1.03. The molecule has 466 valence electrons. The number of hydrogen-bond acceptors (Lipinski definition) is 18. The van der Waals surface area contributed by atoms with Crippen LogP contribution in [-0.2, 0) is 54.8 Å². The predicted octanol–water partition coefficient (Wildman–Crippen LogP) is -1.72. The van der Waals surface area contributed by atoms with Crippen molar-refractivity contribution in [2.75, 3.05) is 52.1 Å². The molecule has 0 spiro atoms. The van der Waals surface area contributed by atoms with E-state index in [1.807, 2.05) is 26.8 Å². The number of urea groups is 1. The molecule has 3 aromatic rings. The first-order valence-electron chi connectivity index (χ1n) is 27.9. The van der Waals surface area contributed by atoms with Crippen LogP contribution in [0.4, 0.5) is 4.79 Å². The molecule has 7 atom stereocenters. The third-order valence-electron chi connectivity index (χ3n) is 15.2. The number of ketones is 1. The minimum Gasteiger partial charge on any atom is -0.748 e. The van der Waals surface area contributed by atoms with Crippen molar-refractivity contribution in [3.63, 3.8) is 0 Å². The number of fused-ring (bicyclic) bond motifs is 8. The molecule has 3 aliphatic heterocycles. The average Bonchev–Trinajstić information content (AvgIpc) is 2.16. The molecule has 31 heteroatoms. The van der Waals surface area contributed by atoms with Crippen molar-refractivity contribution in [2.45, 2.75) is 128 Å². The molecule has 86 heavy (non-hydrogen) atoms. The number of aliphatic carboxylic acids is 1. The summed E-state index contributed by atoms with van der Waals surface area (Å²) in [6, 6.07) is -0.250. The van der Waals surface area contributed by atoms with Crippen LogP contribution in [0.15, 0.2) is 23.2 Å². The van der Waals surface area contributed by atoms with Crippen LogP contribution in [0.5, 0.6) is 0 Å². The number of H-pyrrole nitrogens is 2. The molecule has 14 N–H and O–H groups in total. The number of amides is 8. The molecule has 3 aliphatic rings. The van der Waals surface area contributed by atoms with Crippen LogP contribution >= 0.6 is 0 Å². The van der Waals surface area contributed by atoms with Gasteiger partial charge in [-0.2, -0.15) is 0 Å². The van der Waals surface area contributed by atoms with Crippen LogP contribution in [0.1, 0.15) is 150 Å². The molecule has 1 saturated heterocycles. The highest BCUT2D eigenvalue weighted by Crippen LogP contribution is 2.44. The number of aromatic nitrogens is 4. The van der Waals surface area contributed by atoms with Gasteiger partial charge in [-0.25, -0.2) is 13.2 Å². The molecule has 1 fully saturated rings. The molecule has 6 rings (SSSR count). The third kappa shape index (κ3) is 17.1. The quantitative estimate of drug-likeness (QED) is 0.0179. The summed E-state index contributed by atoms with van der Waals surface area (Å²) in [5.74, 6) is -10.9.